The van der Waals surface area contributed by atoms with Gasteiger partial charge < -0.3 is 9.16 Å². The Morgan fingerprint density at radius 2 is 1.87 bits per heavy atom. The first-order chi connectivity index (χ1) is 10.6. The fraction of sp³-hybridized carbons (Fsp3) is 0.632. The highest BCUT2D eigenvalue weighted by molar-refractivity contribution is 6.74. The summed E-state index contributed by atoms with van der Waals surface area (Å²) < 4.78 is 11.8. The van der Waals surface area contributed by atoms with Crippen molar-refractivity contribution in [2.24, 2.45) is 5.92 Å². The van der Waals surface area contributed by atoms with Gasteiger partial charge in [0.05, 0.1) is 19.1 Å². The van der Waals surface area contributed by atoms with Crippen LogP contribution in [0.5, 0.6) is 0 Å². The lowest BCUT2D eigenvalue weighted by atomic mass is 9.64. The lowest BCUT2D eigenvalue weighted by Gasteiger charge is -2.55. The minimum Gasteiger partial charge on any atom is -0.469 e. The van der Waals surface area contributed by atoms with Crippen molar-refractivity contribution in [3.05, 3.63) is 35.9 Å². The third-order valence-corrected chi connectivity index (χ3v) is 10.2. The first-order valence-electron chi connectivity index (χ1n) is 8.45. The van der Waals surface area contributed by atoms with Crippen LogP contribution in [0.25, 0.3) is 0 Å². The van der Waals surface area contributed by atoms with E-state index in [2.05, 4.69) is 58.1 Å². The highest BCUT2D eigenvalue weighted by atomic mass is 28.4. The van der Waals surface area contributed by atoms with Crippen molar-refractivity contribution in [1.82, 2.24) is 0 Å². The van der Waals surface area contributed by atoms with Crippen molar-refractivity contribution >= 4 is 14.3 Å². The molecule has 0 aromatic heterocycles. The van der Waals surface area contributed by atoms with Crippen LogP contribution < -0.4 is 0 Å². The standard InChI is InChI=1S/C19H30O3Si/c1-18(2,3)23(5,6)22-19(15-10-8-7-9-11-15)13-12-16(19)14-17(20)21-4/h7-11,16H,12-14H2,1-6H3/t16-,19+/m1/s1. The molecule has 0 heterocycles. The third kappa shape index (κ3) is 3.53. The number of carbonyl (C=O) groups excluding carboxylic acids is 1. The van der Waals surface area contributed by atoms with Crippen LogP contribution in [0.2, 0.25) is 18.1 Å². The minimum absolute atomic E-state index is 0.139. The van der Waals surface area contributed by atoms with Crippen LogP contribution in [0.3, 0.4) is 0 Å². The molecule has 1 aromatic carbocycles. The second-order valence-corrected chi connectivity index (χ2v) is 12.9. The second-order valence-electron chi connectivity index (χ2n) is 8.13. The molecule has 23 heavy (non-hydrogen) atoms. The number of hydrogen-bond donors (Lipinski definition) is 0. The summed E-state index contributed by atoms with van der Waals surface area (Å²) >= 11 is 0. The lowest BCUT2D eigenvalue weighted by Crippen LogP contribution is -2.56. The Hall–Kier alpha value is -1.13. The van der Waals surface area contributed by atoms with Gasteiger partial charge in [-0.25, -0.2) is 0 Å². The van der Waals surface area contributed by atoms with Crippen molar-refractivity contribution in [2.45, 2.75) is 63.8 Å². The maximum Gasteiger partial charge on any atom is 0.305 e. The van der Waals surface area contributed by atoms with Gasteiger partial charge in [0, 0.05) is 5.92 Å². The summed E-state index contributed by atoms with van der Waals surface area (Å²) in [6.07, 6.45) is 2.42. The highest BCUT2D eigenvalue weighted by Gasteiger charge is 2.54. The molecule has 1 saturated carbocycles. The van der Waals surface area contributed by atoms with Gasteiger partial charge in [-0.2, -0.15) is 0 Å². The predicted octanol–water partition coefficient (Wildman–Crippen LogP) is 4.88. The molecule has 1 aromatic rings. The van der Waals surface area contributed by atoms with Gasteiger partial charge in [0.1, 0.15) is 0 Å². The van der Waals surface area contributed by atoms with E-state index in [4.69, 9.17) is 9.16 Å². The van der Waals surface area contributed by atoms with Gasteiger partial charge in [-0.1, -0.05) is 51.1 Å². The zero-order valence-corrected chi connectivity index (χ0v) is 16.3. The Bertz CT molecular complexity index is 547. The molecule has 1 aliphatic carbocycles. The quantitative estimate of drug-likeness (QED) is 0.569. The smallest absolute Gasteiger partial charge is 0.305 e. The molecule has 4 heteroatoms. The van der Waals surface area contributed by atoms with E-state index < -0.39 is 8.32 Å². The molecule has 1 aliphatic rings. The van der Waals surface area contributed by atoms with E-state index in [1.165, 1.54) is 12.7 Å². The average molecular weight is 335 g/mol. The SMILES string of the molecule is COC(=O)C[C@H]1CC[C@]1(O[Si](C)(C)C(C)(C)C)c1ccccc1. The summed E-state index contributed by atoms with van der Waals surface area (Å²) in [7, 11) is -0.490. The summed E-state index contributed by atoms with van der Waals surface area (Å²) in [5.41, 5.74) is 0.864. The first-order valence-corrected chi connectivity index (χ1v) is 11.4. The molecule has 0 bridgehead atoms. The summed E-state index contributed by atoms with van der Waals surface area (Å²) in [5, 5.41) is 0.139. The molecule has 0 radical (unpaired) electrons. The normalized spacial score (nSPS) is 24.9. The molecule has 3 nitrogen and oxygen atoms in total. The Balaban J connectivity index is 2.36. The number of methoxy groups -OCH3 is 1. The van der Waals surface area contributed by atoms with E-state index >= 15 is 0 Å². The van der Waals surface area contributed by atoms with Gasteiger partial charge in [-0.05, 0) is 36.5 Å². The summed E-state index contributed by atoms with van der Waals surface area (Å²) in [6.45, 7) is 11.3. The molecule has 0 spiro atoms. The van der Waals surface area contributed by atoms with Crippen LogP contribution in [-0.4, -0.2) is 21.4 Å². The van der Waals surface area contributed by atoms with Gasteiger partial charge in [0.25, 0.3) is 0 Å². The Kier molecular flexibility index (Phi) is 5.07. The number of hydrogen-bond acceptors (Lipinski definition) is 3. The van der Waals surface area contributed by atoms with E-state index in [-0.39, 0.29) is 22.5 Å². The predicted molar refractivity (Wildman–Crippen MR) is 95.8 cm³/mol. The van der Waals surface area contributed by atoms with E-state index in [9.17, 15) is 4.79 Å². The van der Waals surface area contributed by atoms with E-state index in [0.717, 1.165) is 12.8 Å². The van der Waals surface area contributed by atoms with Gasteiger partial charge in [-0.3, -0.25) is 4.79 Å². The van der Waals surface area contributed by atoms with Crippen molar-refractivity contribution in [3.63, 3.8) is 0 Å². The lowest BCUT2D eigenvalue weighted by molar-refractivity contribution is -0.151. The maximum absolute atomic E-state index is 11.8. The van der Waals surface area contributed by atoms with Crippen LogP contribution in [0.15, 0.2) is 30.3 Å². The average Bonchev–Trinajstić information content (AvgIpc) is 2.48. The fourth-order valence-corrected chi connectivity index (χ4v) is 4.67. The molecular formula is C19H30O3Si. The van der Waals surface area contributed by atoms with Gasteiger partial charge in [0.15, 0.2) is 8.32 Å². The van der Waals surface area contributed by atoms with Crippen molar-refractivity contribution in [1.29, 1.82) is 0 Å². The molecule has 128 valence electrons. The topological polar surface area (TPSA) is 35.5 Å². The second kappa shape index (κ2) is 6.40. The van der Waals surface area contributed by atoms with Gasteiger partial charge in [-0.15, -0.1) is 0 Å². The van der Waals surface area contributed by atoms with E-state index in [1.807, 2.05) is 6.07 Å². The zero-order valence-electron chi connectivity index (χ0n) is 15.3. The van der Waals surface area contributed by atoms with Crippen LogP contribution in [-0.2, 0) is 19.6 Å². The number of esters is 1. The van der Waals surface area contributed by atoms with E-state index in [1.54, 1.807) is 0 Å². The Morgan fingerprint density at radius 1 is 1.26 bits per heavy atom. The van der Waals surface area contributed by atoms with Crippen molar-refractivity contribution < 1.29 is 14.0 Å². The number of benzene rings is 1. The molecule has 0 N–H and O–H groups in total. The van der Waals surface area contributed by atoms with Crippen LogP contribution in [0, 0.1) is 5.92 Å². The molecular weight excluding hydrogens is 304 g/mol. The molecule has 0 unspecified atom stereocenters. The molecule has 0 aliphatic heterocycles. The Morgan fingerprint density at radius 3 is 2.30 bits per heavy atom. The first kappa shape index (κ1) is 18.2. The minimum atomic E-state index is -1.95. The Labute approximate surface area is 141 Å². The summed E-state index contributed by atoms with van der Waals surface area (Å²) in [5.74, 6) is 0.0558. The number of ether oxygens (including phenoxy) is 1. The van der Waals surface area contributed by atoms with Gasteiger partial charge >= 0.3 is 5.97 Å². The van der Waals surface area contributed by atoms with Crippen LogP contribution in [0.1, 0.15) is 45.6 Å². The maximum atomic E-state index is 11.8. The van der Waals surface area contributed by atoms with Crippen LogP contribution >= 0.6 is 0 Å². The monoisotopic (exact) mass is 334 g/mol. The fourth-order valence-electron chi connectivity index (χ4n) is 3.06. The molecule has 0 amide bonds. The summed E-state index contributed by atoms with van der Waals surface area (Å²) in [6, 6.07) is 10.4. The molecule has 2 atom stereocenters. The van der Waals surface area contributed by atoms with E-state index in [0.29, 0.717) is 6.42 Å². The highest BCUT2D eigenvalue weighted by Crippen LogP contribution is 2.55. The zero-order chi connectivity index (χ0) is 17.3. The summed E-state index contributed by atoms with van der Waals surface area (Å²) in [4.78, 5) is 11.8. The molecule has 1 fully saturated rings. The molecule has 0 saturated heterocycles. The number of carbonyl (C=O) groups is 1. The third-order valence-electron chi connectivity index (χ3n) is 5.67. The van der Waals surface area contributed by atoms with Crippen molar-refractivity contribution in [2.75, 3.05) is 7.11 Å². The van der Waals surface area contributed by atoms with Crippen molar-refractivity contribution in [3.8, 4) is 0 Å². The van der Waals surface area contributed by atoms with Crippen LogP contribution in [0.4, 0.5) is 0 Å². The molecule has 2 rings (SSSR count). The van der Waals surface area contributed by atoms with Gasteiger partial charge in [0.2, 0.25) is 0 Å². The largest absolute Gasteiger partial charge is 0.469 e. The number of rotatable bonds is 5.